The molecular formula is C31H59N7O16. The fraction of sp³-hybridized carbons (Fsp3) is 0.935. The molecule has 3 aliphatic heterocycles. The van der Waals surface area contributed by atoms with E-state index >= 15 is 0 Å². The number of aliphatic hydroxyl groups excluding tert-OH is 8. The average Bonchev–Trinajstić information content (AvgIpc) is 3.45. The first-order valence-corrected chi connectivity index (χ1v) is 18.2. The number of ether oxygens (including phenoxy) is 6. The number of nitrogens with two attached hydrogens (primary N) is 3. The molecule has 4 amide bonds. The maximum Gasteiger partial charge on any atom is 0.315 e. The van der Waals surface area contributed by atoms with Crippen LogP contribution in [0.15, 0.2) is 0 Å². The van der Waals surface area contributed by atoms with E-state index in [1.807, 2.05) is 13.8 Å². The zero-order chi connectivity index (χ0) is 39.9. The Morgan fingerprint density at radius 2 is 1.17 bits per heavy atom. The molecule has 4 rings (SSSR count). The topological polar surface area (TPSA) is 378 Å². The van der Waals surface area contributed by atoms with Crippen LogP contribution in [0.3, 0.4) is 0 Å². The van der Waals surface area contributed by atoms with Crippen LogP contribution in [0.4, 0.5) is 9.59 Å². The Hall–Kier alpha value is -2.14. The van der Waals surface area contributed by atoms with Gasteiger partial charge in [-0.15, -0.1) is 0 Å². The normalized spacial score (nSPS) is 44.1. The Morgan fingerprint density at radius 1 is 0.611 bits per heavy atom. The molecule has 314 valence electrons. The summed E-state index contributed by atoms with van der Waals surface area (Å²) in [5, 5.41) is 95.5. The summed E-state index contributed by atoms with van der Waals surface area (Å²) < 4.78 is 35.4. The maximum atomic E-state index is 12.6. The Balaban J connectivity index is 1.50. The van der Waals surface area contributed by atoms with Crippen LogP contribution >= 0.6 is 0 Å². The zero-order valence-corrected chi connectivity index (χ0v) is 30.2. The molecule has 0 bridgehead atoms. The van der Waals surface area contributed by atoms with Gasteiger partial charge in [-0.2, -0.15) is 0 Å². The Labute approximate surface area is 311 Å². The van der Waals surface area contributed by atoms with Crippen molar-refractivity contribution in [3.05, 3.63) is 0 Å². The van der Waals surface area contributed by atoms with E-state index in [-0.39, 0.29) is 19.5 Å². The number of nitrogens with one attached hydrogen (secondary N) is 4. The minimum atomic E-state index is -1.72. The van der Waals surface area contributed by atoms with Crippen molar-refractivity contribution in [2.75, 3.05) is 32.8 Å². The number of carbonyl (C=O) groups excluding carboxylic acids is 2. The number of hydrogen-bond donors (Lipinski definition) is 15. The van der Waals surface area contributed by atoms with Gasteiger partial charge in [0.1, 0.15) is 73.2 Å². The van der Waals surface area contributed by atoms with Crippen molar-refractivity contribution in [1.82, 2.24) is 21.3 Å². The summed E-state index contributed by atoms with van der Waals surface area (Å²) in [6, 6.07) is -5.99. The highest BCUT2D eigenvalue weighted by Crippen LogP contribution is 2.34. The summed E-state index contributed by atoms with van der Waals surface area (Å²) in [7, 11) is 0. The quantitative estimate of drug-likeness (QED) is 0.0733. The van der Waals surface area contributed by atoms with Crippen LogP contribution in [0.5, 0.6) is 0 Å². The van der Waals surface area contributed by atoms with Gasteiger partial charge >= 0.3 is 12.1 Å². The molecule has 4 fully saturated rings. The Kier molecular flexibility index (Phi) is 16.8. The average molecular weight is 786 g/mol. The molecule has 18 N–H and O–H groups in total. The van der Waals surface area contributed by atoms with E-state index in [2.05, 4.69) is 21.3 Å². The first-order chi connectivity index (χ1) is 25.7. The van der Waals surface area contributed by atoms with Crippen molar-refractivity contribution in [2.24, 2.45) is 17.2 Å². The highest BCUT2D eigenvalue weighted by atomic mass is 16.8. The fourth-order valence-electron chi connectivity index (χ4n) is 6.73. The van der Waals surface area contributed by atoms with E-state index in [1.165, 1.54) is 0 Å². The van der Waals surface area contributed by atoms with Gasteiger partial charge in [-0.25, -0.2) is 9.59 Å². The van der Waals surface area contributed by atoms with Crippen LogP contribution in [0.25, 0.3) is 0 Å². The largest absolute Gasteiger partial charge is 0.394 e. The molecule has 1 unspecified atom stereocenters. The lowest BCUT2D eigenvalue weighted by Gasteiger charge is -2.47. The molecule has 0 aromatic heterocycles. The van der Waals surface area contributed by atoms with Gasteiger partial charge in [-0.3, -0.25) is 0 Å². The summed E-state index contributed by atoms with van der Waals surface area (Å²) >= 11 is 0. The van der Waals surface area contributed by atoms with E-state index in [9.17, 15) is 50.4 Å². The van der Waals surface area contributed by atoms with Crippen molar-refractivity contribution in [2.45, 2.75) is 149 Å². The van der Waals surface area contributed by atoms with Crippen LogP contribution in [0.1, 0.15) is 33.1 Å². The maximum absolute atomic E-state index is 12.6. The van der Waals surface area contributed by atoms with Crippen molar-refractivity contribution in [1.29, 1.82) is 0 Å². The van der Waals surface area contributed by atoms with Crippen LogP contribution in [0, 0.1) is 0 Å². The van der Waals surface area contributed by atoms with Gasteiger partial charge in [0.25, 0.3) is 0 Å². The van der Waals surface area contributed by atoms with E-state index < -0.39 is 142 Å². The van der Waals surface area contributed by atoms with E-state index in [0.29, 0.717) is 19.4 Å². The van der Waals surface area contributed by atoms with Gasteiger partial charge in [-0.05, 0) is 19.3 Å². The standard InChI is InChI=1S/C31H59N7O16/c1-3-5-35-30(47)37-8-13-19(42)21(44)16(34)27(49-13)53-25-15(10-40)51-29(23(25)46)54-26-18(41)11(32)7-12(33)24(26)52-28-17(38-31(48)36-6-4-2)22(45)20(43)14(9-39)50-28/h11-29,39-46H,3-10,32-34H2,1-2H3,(H2,35,37,47)(H2,36,38,48)/t11-,12+,13?,14-,15-,16-,17-,18+,19-,20-,21-,22-,23-,24-,25-,26-,27-,28+,29+/m1/s1. The molecule has 0 radical (unpaired) electrons. The van der Waals surface area contributed by atoms with Crippen molar-refractivity contribution in [3.8, 4) is 0 Å². The molecule has 1 saturated carbocycles. The van der Waals surface area contributed by atoms with Crippen LogP contribution < -0.4 is 38.5 Å². The predicted octanol–water partition coefficient (Wildman–Crippen LogP) is -7.36. The number of rotatable bonds is 15. The van der Waals surface area contributed by atoms with Gasteiger partial charge in [-0.1, -0.05) is 13.8 Å². The smallest absolute Gasteiger partial charge is 0.315 e. The van der Waals surface area contributed by atoms with Gasteiger partial charge in [0, 0.05) is 31.7 Å². The Bertz CT molecular complexity index is 1190. The molecule has 19 atom stereocenters. The number of hydrogen-bond acceptors (Lipinski definition) is 19. The summed E-state index contributed by atoms with van der Waals surface area (Å²) in [5.41, 5.74) is 18.7. The highest BCUT2D eigenvalue weighted by molar-refractivity contribution is 5.74. The molecule has 23 heteroatoms. The fourth-order valence-corrected chi connectivity index (χ4v) is 6.73. The minimum absolute atomic E-state index is 0.0114. The molecule has 54 heavy (non-hydrogen) atoms. The lowest BCUT2D eigenvalue weighted by Crippen LogP contribution is -2.69. The third-order valence-corrected chi connectivity index (χ3v) is 9.87. The SMILES string of the molecule is CCCNC(=O)NCC1O[C@H](O[C@H]2[C@@H](O)[C@H](O[C@@H]3[C@@H](O)[C@H](N)C[C@H](N)[C@H]3O[C@@H]3O[C@H](CO)[C@@H](O)[C@H](O)[C@H]3NC(=O)NCCC)O[C@@H]2CO)[C@H](N)[C@@H](O)[C@@H]1O. The lowest BCUT2D eigenvalue weighted by atomic mass is 9.84. The molecule has 3 heterocycles. The zero-order valence-electron chi connectivity index (χ0n) is 30.2. The third-order valence-electron chi connectivity index (χ3n) is 9.87. The van der Waals surface area contributed by atoms with Crippen molar-refractivity contribution in [3.63, 3.8) is 0 Å². The van der Waals surface area contributed by atoms with Gasteiger partial charge in [0.05, 0.1) is 25.4 Å². The molecule has 23 nitrogen and oxygen atoms in total. The van der Waals surface area contributed by atoms with Gasteiger partial charge < -0.3 is 108 Å². The first kappa shape index (κ1) is 44.6. The van der Waals surface area contributed by atoms with Gasteiger partial charge in [0.15, 0.2) is 18.9 Å². The molecule has 0 aromatic rings. The summed E-state index contributed by atoms with van der Waals surface area (Å²) in [6.45, 7) is 2.66. The van der Waals surface area contributed by atoms with Gasteiger partial charge in [0.2, 0.25) is 0 Å². The molecule has 0 aromatic carbocycles. The number of aliphatic hydroxyl groups is 8. The second-order valence-electron chi connectivity index (χ2n) is 13.9. The molecule has 0 spiro atoms. The highest BCUT2D eigenvalue weighted by Gasteiger charge is 2.55. The van der Waals surface area contributed by atoms with Crippen molar-refractivity contribution < 1.29 is 78.9 Å². The van der Waals surface area contributed by atoms with E-state index in [0.717, 1.165) is 0 Å². The molecule has 1 aliphatic carbocycles. The monoisotopic (exact) mass is 785 g/mol. The molecular weight excluding hydrogens is 726 g/mol. The summed E-state index contributed by atoms with van der Waals surface area (Å²) in [5.74, 6) is 0. The summed E-state index contributed by atoms with van der Waals surface area (Å²) in [4.78, 5) is 24.6. The van der Waals surface area contributed by atoms with Crippen LogP contribution in [-0.2, 0) is 28.4 Å². The van der Waals surface area contributed by atoms with E-state index in [1.54, 1.807) is 0 Å². The second-order valence-corrected chi connectivity index (χ2v) is 13.9. The third kappa shape index (κ3) is 10.4. The van der Waals surface area contributed by atoms with E-state index in [4.69, 9.17) is 45.6 Å². The summed E-state index contributed by atoms with van der Waals surface area (Å²) in [6.07, 6.45) is -21.2. The minimum Gasteiger partial charge on any atom is -0.394 e. The van der Waals surface area contributed by atoms with Crippen LogP contribution in [0.2, 0.25) is 0 Å². The molecule has 4 aliphatic rings. The number of carbonyl (C=O) groups is 2. The Morgan fingerprint density at radius 3 is 1.80 bits per heavy atom. The number of amides is 4. The lowest BCUT2D eigenvalue weighted by molar-refractivity contribution is -0.312. The van der Waals surface area contributed by atoms with Crippen molar-refractivity contribution >= 4 is 12.1 Å². The van der Waals surface area contributed by atoms with Crippen LogP contribution in [-0.4, -0.2) is 202 Å². The molecule has 3 saturated heterocycles. The number of urea groups is 2. The predicted molar refractivity (Wildman–Crippen MR) is 182 cm³/mol. The second kappa shape index (κ2) is 20.3. The first-order valence-electron chi connectivity index (χ1n) is 18.2.